The fourth-order valence-corrected chi connectivity index (χ4v) is 4.64. The first-order chi connectivity index (χ1) is 17.0. The number of nitrogens with zero attached hydrogens (tertiary/aromatic N) is 6. The summed E-state index contributed by atoms with van der Waals surface area (Å²) in [6, 6.07) is 5.85. The number of halogens is 2. The number of hydrogen-bond acceptors (Lipinski definition) is 7. The van der Waals surface area contributed by atoms with Gasteiger partial charge in [0.2, 0.25) is 5.91 Å². The summed E-state index contributed by atoms with van der Waals surface area (Å²) < 4.78 is 29.3. The minimum atomic E-state index is -1.06. The number of anilines is 1. The van der Waals surface area contributed by atoms with Gasteiger partial charge in [0.15, 0.2) is 17.5 Å². The van der Waals surface area contributed by atoms with Crippen molar-refractivity contribution < 1.29 is 13.6 Å². The van der Waals surface area contributed by atoms with Gasteiger partial charge in [-0.15, -0.1) is 5.10 Å². The standard InChI is InChI=1S/C24H26F2N8O/c25-19-6-1-7-20(22(19)26)34-24(30-31-32-34)18-12-16(14-29-23(18)27)15-4-3-10-33(11-8-15)21(35)13-17-5-2-9-28-17/h1,6-8,12,14,17,28H,2-5,9-11,13H2,(H2,27,29). The van der Waals surface area contributed by atoms with E-state index in [1.807, 2.05) is 11.0 Å². The van der Waals surface area contributed by atoms with Crippen molar-refractivity contribution in [3.8, 4) is 17.1 Å². The highest BCUT2D eigenvalue weighted by molar-refractivity contribution is 5.79. The number of nitrogens with two attached hydrogens (primary N) is 1. The zero-order valence-electron chi connectivity index (χ0n) is 19.1. The number of hydrogen-bond donors (Lipinski definition) is 2. The van der Waals surface area contributed by atoms with Gasteiger partial charge in [0.05, 0.1) is 5.56 Å². The molecular formula is C24H26F2N8O. The minimum Gasteiger partial charge on any atom is -0.383 e. The molecule has 182 valence electrons. The predicted octanol–water partition coefficient (Wildman–Crippen LogP) is 2.73. The molecule has 0 aliphatic carbocycles. The van der Waals surface area contributed by atoms with Crippen LogP contribution in [0.3, 0.4) is 0 Å². The molecule has 9 nitrogen and oxygen atoms in total. The number of rotatable bonds is 5. The molecule has 2 aliphatic rings. The van der Waals surface area contributed by atoms with Crippen LogP contribution in [-0.2, 0) is 4.79 Å². The second kappa shape index (κ2) is 9.87. The number of nitrogen functional groups attached to an aromatic ring is 1. The maximum atomic E-state index is 14.4. The molecule has 4 heterocycles. The van der Waals surface area contributed by atoms with E-state index in [4.69, 9.17) is 5.73 Å². The Hall–Kier alpha value is -3.73. The Morgan fingerprint density at radius 2 is 2.14 bits per heavy atom. The van der Waals surface area contributed by atoms with Gasteiger partial charge in [-0.3, -0.25) is 4.79 Å². The van der Waals surface area contributed by atoms with Crippen LogP contribution in [0, 0.1) is 11.6 Å². The lowest BCUT2D eigenvalue weighted by molar-refractivity contribution is -0.131. The average Bonchev–Trinajstić information content (AvgIpc) is 3.48. The lowest BCUT2D eigenvalue weighted by Gasteiger charge is -2.21. The van der Waals surface area contributed by atoms with Crippen molar-refractivity contribution in [1.82, 2.24) is 35.4 Å². The van der Waals surface area contributed by atoms with Crippen molar-refractivity contribution in [2.24, 2.45) is 0 Å². The highest BCUT2D eigenvalue weighted by atomic mass is 19.2. The van der Waals surface area contributed by atoms with Gasteiger partial charge in [0.25, 0.3) is 0 Å². The Labute approximate surface area is 201 Å². The molecule has 2 aliphatic heterocycles. The second-order valence-corrected chi connectivity index (χ2v) is 8.81. The fourth-order valence-electron chi connectivity index (χ4n) is 4.64. The first-order valence-corrected chi connectivity index (χ1v) is 11.7. The van der Waals surface area contributed by atoms with Crippen LogP contribution < -0.4 is 11.1 Å². The Morgan fingerprint density at radius 3 is 2.97 bits per heavy atom. The van der Waals surface area contributed by atoms with Crippen molar-refractivity contribution in [2.75, 3.05) is 25.4 Å². The molecule has 1 saturated heterocycles. The van der Waals surface area contributed by atoms with Crippen molar-refractivity contribution in [3.63, 3.8) is 0 Å². The molecule has 1 unspecified atom stereocenters. The van der Waals surface area contributed by atoms with Gasteiger partial charge in [0, 0.05) is 31.7 Å². The Kier molecular flexibility index (Phi) is 6.49. The van der Waals surface area contributed by atoms with E-state index in [1.165, 1.54) is 12.1 Å². The van der Waals surface area contributed by atoms with Crippen LogP contribution in [0.15, 0.2) is 36.5 Å². The van der Waals surface area contributed by atoms with Crippen LogP contribution in [0.1, 0.15) is 37.7 Å². The van der Waals surface area contributed by atoms with E-state index < -0.39 is 11.6 Å². The molecule has 5 rings (SSSR count). The maximum Gasteiger partial charge on any atom is 0.224 e. The van der Waals surface area contributed by atoms with E-state index in [-0.39, 0.29) is 29.3 Å². The zero-order valence-corrected chi connectivity index (χ0v) is 19.1. The predicted molar refractivity (Wildman–Crippen MR) is 126 cm³/mol. The van der Waals surface area contributed by atoms with Crippen LogP contribution in [0.25, 0.3) is 22.6 Å². The van der Waals surface area contributed by atoms with E-state index in [0.29, 0.717) is 25.1 Å². The topological polar surface area (TPSA) is 115 Å². The fraction of sp³-hybridized carbons (Fsp3) is 0.375. The number of tetrazole rings is 1. The SMILES string of the molecule is Nc1ncc(C2=CCN(C(=O)CC3CCCN3)CCC2)cc1-c1nnnn1-c1cccc(F)c1F. The summed E-state index contributed by atoms with van der Waals surface area (Å²) in [6.45, 7) is 2.19. The molecule has 3 aromatic rings. The molecule has 0 spiro atoms. The second-order valence-electron chi connectivity index (χ2n) is 8.81. The van der Waals surface area contributed by atoms with Gasteiger partial charge in [-0.25, -0.2) is 13.8 Å². The Balaban J connectivity index is 1.40. The summed E-state index contributed by atoms with van der Waals surface area (Å²) in [5.74, 6) is -1.59. The van der Waals surface area contributed by atoms with Crippen molar-refractivity contribution in [3.05, 3.63) is 53.7 Å². The van der Waals surface area contributed by atoms with E-state index in [0.717, 1.165) is 54.1 Å². The molecule has 0 bridgehead atoms. The normalized spacial score (nSPS) is 18.4. The summed E-state index contributed by atoms with van der Waals surface area (Å²) >= 11 is 0. The van der Waals surface area contributed by atoms with Crippen LogP contribution in [-0.4, -0.2) is 61.7 Å². The van der Waals surface area contributed by atoms with Gasteiger partial charge in [0.1, 0.15) is 11.5 Å². The third-order valence-electron chi connectivity index (χ3n) is 6.53. The summed E-state index contributed by atoms with van der Waals surface area (Å²) in [6.07, 6.45) is 7.97. The maximum absolute atomic E-state index is 14.4. The largest absolute Gasteiger partial charge is 0.383 e. The molecule has 0 radical (unpaired) electrons. The van der Waals surface area contributed by atoms with E-state index >= 15 is 0 Å². The highest BCUT2D eigenvalue weighted by Gasteiger charge is 2.23. The Bertz CT molecular complexity index is 1270. The molecule has 35 heavy (non-hydrogen) atoms. The van der Waals surface area contributed by atoms with E-state index in [1.54, 1.807) is 12.3 Å². The molecule has 1 aromatic carbocycles. The van der Waals surface area contributed by atoms with Crippen molar-refractivity contribution in [2.45, 2.75) is 38.1 Å². The number of benzene rings is 1. The first-order valence-electron chi connectivity index (χ1n) is 11.7. The minimum absolute atomic E-state index is 0.130. The number of allylic oxidation sites excluding steroid dienone is 1. The molecule has 3 N–H and O–H groups in total. The van der Waals surface area contributed by atoms with Crippen molar-refractivity contribution in [1.29, 1.82) is 0 Å². The zero-order chi connectivity index (χ0) is 24.4. The van der Waals surface area contributed by atoms with Gasteiger partial charge in [-0.2, -0.15) is 4.68 Å². The summed E-state index contributed by atoms with van der Waals surface area (Å²) in [5.41, 5.74) is 8.25. The van der Waals surface area contributed by atoms with Crippen LogP contribution in [0.4, 0.5) is 14.6 Å². The van der Waals surface area contributed by atoms with Gasteiger partial charge in [-0.05, 0) is 72.0 Å². The molecular weight excluding hydrogens is 454 g/mol. The molecule has 1 atom stereocenters. The number of nitrogens with one attached hydrogen (secondary N) is 1. The first kappa shape index (κ1) is 23.0. The number of carbonyl (C=O) groups excluding carboxylic acids is 1. The number of amides is 1. The van der Waals surface area contributed by atoms with E-state index in [9.17, 15) is 13.6 Å². The summed E-state index contributed by atoms with van der Waals surface area (Å²) in [7, 11) is 0. The number of carbonyl (C=O) groups is 1. The van der Waals surface area contributed by atoms with Crippen LogP contribution in [0.2, 0.25) is 0 Å². The quantitative estimate of drug-likeness (QED) is 0.577. The van der Waals surface area contributed by atoms with E-state index in [2.05, 4.69) is 25.8 Å². The summed E-state index contributed by atoms with van der Waals surface area (Å²) in [4.78, 5) is 19.0. The molecule has 11 heteroatoms. The Morgan fingerprint density at radius 1 is 1.26 bits per heavy atom. The molecule has 2 aromatic heterocycles. The molecule has 0 saturated carbocycles. The highest BCUT2D eigenvalue weighted by Crippen LogP contribution is 2.30. The number of aromatic nitrogens is 5. The molecule has 1 fully saturated rings. The lowest BCUT2D eigenvalue weighted by Crippen LogP contribution is -2.36. The van der Waals surface area contributed by atoms with Crippen LogP contribution in [0.5, 0.6) is 0 Å². The van der Waals surface area contributed by atoms with Gasteiger partial charge >= 0.3 is 0 Å². The van der Waals surface area contributed by atoms with Gasteiger partial charge in [-0.1, -0.05) is 12.1 Å². The third-order valence-corrected chi connectivity index (χ3v) is 6.53. The molecule has 1 amide bonds. The third kappa shape index (κ3) is 4.76. The monoisotopic (exact) mass is 480 g/mol. The lowest BCUT2D eigenvalue weighted by atomic mass is 10.0. The van der Waals surface area contributed by atoms with Crippen LogP contribution >= 0.6 is 0 Å². The summed E-state index contributed by atoms with van der Waals surface area (Å²) in [5, 5.41) is 14.9. The van der Waals surface area contributed by atoms with Gasteiger partial charge < -0.3 is 16.0 Å². The smallest absolute Gasteiger partial charge is 0.224 e. The number of pyridine rings is 1. The van der Waals surface area contributed by atoms with Crippen molar-refractivity contribution >= 4 is 17.3 Å². The average molecular weight is 481 g/mol.